The fourth-order valence-corrected chi connectivity index (χ4v) is 3.76. The summed E-state index contributed by atoms with van der Waals surface area (Å²) >= 11 is 5.12. The van der Waals surface area contributed by atoms with Crippen LogP contribution in [0.2, 0.25) is 0 Å². The summed E-state index contributed by atoms with van der Waals surface area (Å²) in [6, 6.07) is 12.4. The molecule has 106 valence electrons. The van der Waals surface area contributed by atoms with Gasteiger partial charge in [0.15, 0.2) is 0 Å². The van der Waals surface area contributed by atoms with Gasteiger partial charge in [-0.3, -0.25) is 4.98 Å². The standard InChI is InChI=1S/C16H12BrFN2S/c17-14-8-13(19)3-4-15(14)21-9-11-7-12(18)6-10-2-1-5-20-16(10)11/h1-8H,9,19H2. The summed E-state index contributed by atoms with van der Waals surface area (Å²) in [5, 5.41) is 0.824. The summed E-state index contributed by atoms with van der Waals surface area (Å²) in [4.78, 5) is 5.43. The molecule has 0 saturated carbocycles. The molecule has 0 bridgehead atoms. The van der Waals surface area contributed by atoms with E-state index < -0.39 is 0 Å². The molecule has 0 amide bonds. The van der Waals surface area contributed by atoms with E-state index in [0.29, 0.717) is 11.4 Å². The van der Waals surface area contributed by atoms with Crippen LogP contribution in [-0.2, 0) is 5.75 Å². The first-order chi connectivity index (χ1) is 10.1. The summed E-state index contributed by atoms with van der Waals surface area (Å²) in [6.45, 7) is 0. The van der Waals surface area contributed by atoms with Crippen LogP contribution in [0.1, 0.15) is 5.56 Å². The highest BCUT2D eigenvalue weighted by Crippen LogP contribution is 2.33. The molecular weight excluding hydrogens is 351 g/mol. The van der Waals surface area contributed by atoms with Gasteiger partial charge in [-0.25, -0.2) is 4.39 Å². The number of fused-ring (bicyclic) bond motifs is 1. The van der Waals surface area contributed by atoms with Crippen LogP contribution in [0.4, 0.5) is 10.1 Å². The first-order valence-corrected chi connectivity index (χ1v) is 8.12. The van der Waals surface area contributed by atoms with Crippen molar-refractivity contribution < 1.29 is 4.39 Å². The minimum Gasteiger partial charge on any atom is -0.399 e. The van der Waals surface area contributed by atoms with Crippen LogP contribution in [0.15, 0.2) is 58.0 Å². The Morgan fingerprint density at radius 2 is 2.05 bits per heavy atom. The Kier molecular flexibility index (Phi) is 4.12. The summed E-state index contributed by atoms with van der Waals surface area (Å²) in [7, 11) is 0. The van der Waals surface area contributed by atoms with Gasteiger partial charge in [0.25, 0.3) is 0 Å². The molecule has 5 heteroatoms. The molecule has 1 aromatic heterocycles. The third-order valence-corrected chi connectivity index (χ3v) is 5.13. The highest BCUT2D eigenvalue weighted by molar-refractivity contribution is 9.10. The normalized spacial score (nSPS) is 11.0. The molecule has 0 aliphatic rings. The zero-order valence-electron chi connectivity index (χ0n) is 11.0. The van der Waals surface area contributed by atoms with Crippen molar-refractivity contribution in [3.63, 3.8) is 0 Å². The molecule has 0 aliphatic heterocycles. The Labute approximate surface area is 134 Å². The molecular formula is C16H12BrFN2S. The molecule has 2 aromatic carbocycles. The molecule has 2 nitrogen and oxygen atoms in total. The average Bonchev–Trinajstić information content (AvgIpc) is 2.46. The molecule has 1 heterocycles. The van der Waals surface area contributed by atoms with E-state index >= 15 is 0 Å². The van der Waals surface area contributed by atoms with Crippen LogP contribution in [-0.4, -0.2) is 4.98 Å². The van der Waals surface area contributed by atoms with Crippen LogP contribution in [0.25, 0.3) is 10.9 Å². The number of anilines is 1. The highest BCUT2D eigenvalue weighted by Gasteiger charge is 2.08. The number of nitrogens with zero attached hydrogens (tertiary/aromatic N) is 1. The molecule has 0 aliphatic carbocycles. The maximum absolute atomic E-state index is 13.7. The zero-order valence-corrected chi connectivity index (χ0v) is 13.4. The van der Waals surface area contributed by atoms with Crippen molar-refractivity contribution in [2.24, 2.45) is 0 Å². The first kappa shape index (κ1) is 14.4. The Morgan fingerprint density at radius 1 is 1.19 bits per heavy atom. The summed E-state index contributed by atoms with van der Waals surface area (Å²) < 4.78 is 14.6. The van der Waals surface area contributed by atoms with Crippen LogP contribution in [0.3, 0.4) is 0 Å². The molecule has 0 atom stereocenters. The minimum absolute atomic E-state index is 0.234. The van der Waals surface area contributed by atoms with Gasteiger partial charge in [-0.1, -0.05) is 6.07 Å². The molecule has 0 spiro atoms. The second-order valence-corrected chi connectivity index (χ2v) is 6.49. The van der Waals surface area contributed by atoms with Gasteiger partial charge in [0.05, 0.1) is 5.52 Å². The van der Waals surface area contributed by atoms with E-state index in [4.69, 9.17) is 5.73 Å². The number of nitrogens with two attached hydrogens (primary N) is 1. The number of hydrogen-bond acceptors (Lipinski definition) is 3. The van der Waals surface area contributed by atoms with Crippen LogP contribution >= 0.6 is 27.7 Å². The Morgan fingerprint density at radius 3 is 2.86 bits per heavy atom. The average molecular weight is 363 g/mol. The predicted molar refractivity (Wildman–Crippen MR) is 89.8 cm³/mol. The van der Waals surface area contributed by atoms with E-state index in [1.165, 1.54) is 6.07 Å². The third-order valence-electron chi connectivity index (χ3n) is 3.09. The number of hydrogen-bond donors (Lipinski definition) is 1. The number of pyridine rings is 1. The summed E-state index contributed by atoms with van der Waals surface area (Å²) in [6.07, 6.45) is 1.73. The van der Waals surface area contributed by atoms with Crippen LogP contribution in [0.5, 0.6) is 0 Å². The van der Waals surface area contributed by atoms with Crippen molar-refractivity contribution in [1.82, 2.24) is 4.98 Å². The maximum atomic E-state index is 13.7. The second-order valence-electron chi connectivity index (χ2n) is 4.62. The molecule has 0 saturated heterocycles. The molecule has 0 fully saturated rings. The van der Waals surface area contributed by atoms with Crippen LogP contribution in [0, 0.1) is 5.82 Å². The van der Waals surface area contributed by atoms with E-state index in [9.17, 15) is 4.39 Å². The lowest BCUT2D eigenvalue weighted by molar-refractivity contribution is 0.628. The molecule has 2 N–H and O–H groups in total. The summed E-state index contributed by atoms with van der Waals surface area (Å²) in [5.74, 6) is 0.413. The van der Waals surface area contributed by atoms with Gasteiger partial charge >= 0.3 is 0 Å². The van der Waals surface area contributed by atoms with Crippen molar-refractivity contribution >= 4 is 44.3 Å². The Bertz CT molecular complexity index is 807. The van der Waals surface area contributed by atoms with Gasteiger partial charge in [-0.2, -0.15) is 0 Å². The van der Waals surface area contributed by atoms with Gasteiger partial charge < -0.3 is 5.73 Å². The van der Waals surface area contributed by atoms with Gasteiger partial charge in [-0.05, 0) is 57.9 Å². The fraction of sp³-hybridized carbons (Fsp3) is 0.0625. The lowest BCUT2D eigenvalue weighted by atomic mass is 10.1. The number of aromatic nitrogens is 1. The van der Waals surface area contributed by atoms with Crippen molar-refractivity contribution in [2.75, 3.05) is 5.73 Å². The number of halogens is 2. The molecule has 3 aromatic rings. The van der Waals surface area contributed by atoms with Gasteiger partial charge in [0.1, 0.15) is 5.82 Å². The van der Waals surface area contributed by atoms with E-state index in [0.717, 1.165) is 25.8 Å². The van der Waals surface area contributed by atoms with E-state index in [1.807, 2.05) is 30.3 Å². The van der Waals surface area contributed by atoms with E-state index in [1.54, 1.807) is 24.0 Å². The molecule has 0 radical (unpaired) electrons. The lowest BCUT2D eigenvalue weighted by Crippen LogP contribution is -1.90. The summed E-state index contributed by atoms with van der Waals surface area (Å²) in [5.41, 5.74) is 8.18. The van der Waals surface area contributed by atoms with E-state index in [2.05, 4.69) is 20.9 Å². The lowest BCUT2D eigenvalue weighted by Gasteiger charge is -2.08. The first-order valence-electron chi connectivity index (χ1n) is 6.34. The third kappa shape index (κ3) is 3.19. The van der Waals surface area contributed by atoms with Crippen molar-refractivity contribution in [1.29, 1.82) is 0 Å². The monoisotopic (exact) mass is 362 g/mol. The predicted octanol–water partition coefficient (Wildman–Crippen LogP) is 5.01. The highest BCUT2D eigenvalue weighted by atomic mass is 79.9. The zero-order chi connectivity index (χ0) is 14.8. The van der Waals surface area contributed by atoms with Gasteiger partial charge in [-0.15, -0.1) is 11.8 Å². The smallest absolute Gasteiger partial charge is 0.124 e. The van der Waals surface area contributed by atoms with Gasteiger partial charge in [0, 0.05) is 32.4 Å². The maximum Gasteiger partial charge on any atom is 0.124 e. The molecule has 0 unspecified atom stereocenters. The molecule has 3 rings (SSSR count). The topological polar surface area (TPSA) is 38.9 Å². The molecule has 21 heavy (non-hydrogen) atoms. The number of benzene rings is 2. The number of thioether (sulfide) groups is 1. The van der Waals surface area contributed by atoms with Crippen molar-refractivity contribution in [3.8, 4) is 0 Å². The Balaban J connectivity index is 1.91. The Hall–Kier alpha value is -1.59. The largest absolute Gasteiger partial charge is 0.399 e. The number of nitrogen functional groups attached to an aromatic ring is 1. The van der Waals surface area contributed by atoms with Crippen LogP contribution < -0.4 is 5.73 Å². The van der Waals surface area contributed by atoms with Crippen molar-refractivity contribution in [2.45, 2.75) is 10.6 Å². The fourth-order valence-electron chi connectivity index (χ4n) is 2.13. The second kappa shape index (κ2) is 6.03. The van der Waals surface area contributed by atoms with E-state index in [-0.39, 0.29) is 5.82 Å². The quantitative estimate of drug-likeness (QED) is 0.525. The number of rotatable bonds is 3. The van der Waals surface area contributed by atoms with Crippen molar-refractivity contribution in [3.05, 3.63) is 64.5 Å². The van der Waals surface area contributed by atoms with Gasteiger partial charge in [0.2, 0.25) is 0 Å². The SMILES string of the molecule is Nc1ccc(SCc2cc(F)cc3cccnc23)c(Br)c1. The minimum atomic E-state index is -0.234.